The molecule has 1 fully saturated rings. The van der Waals surface area contributed by atoms with Crippen LogP contribution in [0.3, 0.4) is 0 Å². The lowest BCUT2D eigenvalue weighted by Gasteiger charge is -2.32. The summed E-state index contributed by atoms with van der Waals surface area (Å²) in [5.41, 5.74) is 0. The molecule has 0 aliphatic carbocycles. The summed E-state index contributed by atoms with van der Waals surface area (Å²) in [5, 5.41) is 0. The minimum Gasteiger partial charge on any atom is -0.453 e. The summed E-state index contributed by atoms with van der Waals surface area (Å²) >= 11 is 0. The average molecular weight is 216 g/mol. The average Bonchev–Trinajstić information content (AvgIpc) is 2.27. The van der Waals surface area contributed by atoms with Crippen LogP contribution < -0.4 is 0 Å². The lowest BCUT2D eigenvalue weighted by molar-refractivity contribution is -0.145. The van der Waals surface area contributed by atoms with Gasteiger partial charge in [-0.3, -0.25) is 4.79 Å². The molecule has 1 heterocycles. The van der Waals surface area contributed by atoms with Crippen molar-refractivity contribution < 1.29 is 19.1 Å². The Kier molecular flexibility index (Phi) is 3.90. The predicted molar refractivity (Wildman–Crippen MR) is 52.4 cm³/mol. The highest BCUT2D eigenvalue weighted by atomic mass is 16.5. The van der Waals surface area contributed by atoms with Crippen molar-refractivity contribution >= 4 is 12.0 Å². The minimum absolute atomic E-state index is 0.136. The second kappa shape index (κ2) is 4.97. The van der Waals surface area contributed by atoms with E-state index in [1.54, 1.807) is 14.1 Å². The molecule has 86 valence electrons. The van der Waals surface area contributed by atoms with Crippen molar-refractivity contribution in [1.82, 2.24) is 9.80 Å². The Morgan fingerprint density at radius 2 is 2.13 bits per heavy atom. The summed E-state index contributed by atoms with van der Waals surface area (Å²) in [6.07, 6.45) is -0.997. The van der Waals surface area contributed by atoms with Crippen molar-refractivity contribution in [2.75, 3.05) is 40.9 Å². The van der Waals surface area contributed by atoms with Gasteiger partial charge in [-0.05, 0) is 0 Å². The number of methoxy groups -OCH3 is 1. The van der Waals surface area contributed by atoms with Gasteiger partial charge in [0.15, 0.2) is 6.10 Å². The van der Waals surface area contributed by atoms with E-state index in [0.717, 1.165) is 0 Å². The maximum absolute atomic E-state index is 11.6. The molecule has 1 atom stereocenters. The molecule has 0 N–H and O–H groups in total. The highest BCUT2D eigenvalue weighted by molar-refractivity contribution is 5.81. The molecule has 6 heteroatoms. The summed E-state index contributed by atoms with van der Waals surface area (Å²) in [6.45, 7) is 1.08. The molecule has 1 saturated heterocycles. The van der Waals surface area contributed by atoms with Crippen molar-refractivity contribution in [2.24, 2.45) is 0 Å². The van der Waals surface area contributed by atoms with E-state index >= 15 is 0 Å². The first kappa shape index (κ1) is 11.8. The van der Waals surface area contributed by atoms with Gasteiger partial charge in [0.05, 0.1) is 20.3 Å². The first-order valence-corrected chi connectivity index (χ1v) is 4.72. The Morgan fingerprint density at radius 1 is 1.47 bits per heavy atom. The number of hydrogen-bond donors (Lipinski definition) is 0. The van der Waals surface area contributed by atoms with Gasteiger partial charge in [-0.1, -0.05) is 0 Å². The Hall–Kier alpha value is -1.30. The van der Waals surface area contributed by atoms with Crippen LogP contribution >= 0.6 is 0 Å². The van der Waals surface area contributed by atoms with Gasteiger partial charge in [0.2, 0.25) is 0 Å². The number of nitrogens with zero attached hydrogens (tertiary/aromatic N) is 2. The second-order valence-electron chi connectivity index (χ2n) is 3.51. The first-order valence-electron chi connectivity index (χ1n) is 4.72. The Morgan fingerprint density at radius 3 is 2.67 bits per heavy atom. The number of hydrogen-bond acceptors (Lipinski definition) is 4. The third kappa shape index (κ3) is 2.82. The quantitative estimate of drug-likeness (QED) is 0.595. The molecule has 1 rings (SSSR count). The van der Waals surface area contributed by atoms with Gasteiger partial charge in [0.25, 0.3) is 5.91 Å². The minimum atomic E-state index is -0.576. The van der Waals surface area contributed by atoms with Crippen LogP contribution in [0.4, 0.5) is 4.79 Å². The van der Waals surface area contributed by atoms with Gasteiger partial charge in [-0.2, -0.15) is 0 Å². The molecule has 0 aromatic rings. The number of amides is 2. The zero-order chi connectivity index (χ0) is 11.4. The molecule has 1 aliphatic rings. The van der Waals surface area contributed by atoms with Crippen LogP contribution in [0.5, 0.6) is 0 Å². The lowest BCUT2D eigenvalue weighted by Crippen LogP contribution is -2.51. The maximum Gasteiger partial charge on any atom is 0.409 e. The van der Waals surface area contributed by atoms with E-state index in [4.69, 9.17) is 4.74 Å². The van der Waals surface area contributed by atoms with Gasteiger partial charge < -0.3 is 19.3 Å². The lowest BCUT2D eigenvalue weighted by atomic mass is 10.2. The smallest absolute Gasteiger partial charge is 0.409 e. The van der Waals surface area contributed by atoms with Crippen molar-refractivity contribution in [2.45, 2.75) is 6.10 Å². The molecule has 1 aliphatic heterocycles. The maximum atomic E-state index is 11.6. The van der Waals surface area contributed by atoms with Crippen molar-refractivity contribution in [3.05, 3.63) is 0 Å². The molecular formula is C9H16N2O4. The van der Waals surface area contributed by atoms with Crippen LogP contribution in [0, 0.1) is 0 Å². The van der Waals surface area contributed by atoms with Crippen molar-refractivity contribution in [3.8, 4) is 0 Å². The van der Waals surface area contributed by atoms with E-state index in [0.29, 0.717) is 13.2 Å². The van der Waals surface area contributed by atoms with Gasteiger partial charge in [-0.25, -0.2) is 4.79 Å². The van der Waals surface area contributed by atoms with Gasteiger partial charge in [0.1, 0.15) is 0 Å². The zero-order valence-corrected chi connectivity index (χ0v) is 9.23. The standard InChI is InChI=1S/C9H16N2O4/c1-10(2)8(12)7-6-11(4-5-15-7)9(13)14-3/h7H,4-6H2,1-3H3. The zero-order valence-electron chi connectivity index (χ0n) is 9.23. The van der Waals surface area contributed by atoms with Crippen molar-refractivity contribution in [1.29, 1.82) is 0 Å². The normalized spacial score (nSPS) is 21.0. The summed E-state index contributed by atoms with van der Waals surface area (Å²) in [4.78, 5) is 25.7. The van der Waals surface area contributed by atoms with Crippen LogP contribution in [-0.4, -0.2) is 68.8 Å². The fourth-order valence-corrected chi connectivity index (χ4v) is 1.38. The fourth-order valence-electron chi connectivity index (χ4n) is 1.38. The summed E-state index contributed by atoms with van der Waals surface area (Å²) < 4.78 is 9.87. The van der Waals surface area contributed by atoms with E-state index in [1.165, 1.54) is 16.9 Å². The Balaban J connectivity index is 2.56. The first-order chi connectivity index (χ1) is 7.06. The molecule has 0 bridgehead atoms. The summed E-state index contributed by atoms with van der Waals surface area (Å²) in [7, 11) is 4.63. The number of rotatable bonds is 1. The van der Waals surface area contributed by atoms with Gasteiger partial charge >= 0.3 is 6.09 Å². The number of carbonyl (C=O) groups is 2. The highest BCUT2D eigenvalue weighted by Crippen LogP contribution is 2.08. The monoisotopic (exact) mass is 216 g/mol. The van der Waals surface area contributed by atoms with E-state index < -0.39 is 12.2 Å². The number of morpholine rings is 1. The van der Waals surface area contributed by atoms with Crippen molar-refractivity contribution in [3.63, 3.8) is 0 Å². The molecule has 0 radical (unpaired) electrons. The number of carbonyl (C=O) groups excluding carboxylic acids is 2. The van der Waals surface area contributed by atoms with Gasteiger partial charge in [-0.15, -0.1) is 0 Å². The van der Waals surface area contributed by atoms with Crippen LogP contribution in [0.1, 0.15) is 0 Å². The molecule has 0 aromatic heterocycles. The molecule has 2 amide bonds. The molecule has 0 aromatic carbocycles. The van der Waals surface area contributed by atoms with E-state index in [-0.39, 0.29) is 12.5 Å². The molecule has 6 nitrogen and oxygen atoms in total. The topological polar surface area (TPSA) is 59.1 Å². The molecule has 1 unspecified atom stereocenters. The van der Waals surface area contributed by atoms with Crippen LogP contribution in [0.25, 0.3) is 0 Å². The Bertz CT molecular complexity index is 254. The molecule has 0 spiro atoms. The Labute approximate surface area is 88.7 Å². The number of ether oxygens (including phenoxy) is 2. The van der Waals surface area contributed by atoms with Crippen LogP contribution in [-0.2, 0) is 14.3 Å². The molecular weight excluding hydrogens is 200 g/mol. The summed E-state index contributed by atoms with van der Waals surface area (Å²) in [5.74, 6) is -0.136. The third-order valence-electron chi connectivity index (χ3n) is 2.22. The van der Waals surface area contributed by atoms with E-state index in [2.05, 4.69) is 4.74 Å². The third-order valence-corrected chi connectivity index (χ3v) is 2.22. The largest absolute Gasteiger partial charge is 0.453 e. The van der Waals surface area contributed by atoms with Crippen LogP contribution in [0.2, 0.25) is 0 Å². The van der Waals surface area contributed by atoms with Crippen LogP contribution in [0.15, 0.2) is 0 Å². The van der Waals surface area contributed by atoms with Gasteiger partial charge in [0, 0.05) is 20.6 Å². The van der Waals surface area contributed by atoms with E-state index in [9.17, 15) is 9.59 Å². The fraction of sp³-hybridized carbons (Fsp3) is 0.778. The highest BCUT2D eigenvalue weighted by Gasteiger charge is 2.30. The molecule has 15 heavy (non-hydrogen) atoms. The summed E-state index contributed by atoms with van der Waals surface area (Å²) in [6, 6.07) is 0. The molecule has 0 saturated carbocycles. The number of likely N-dealkylation sites (N-methyl/N-ethyl adjacent to an activating group) is 1. The van der Waals surface area contributed by atoms with E-state index in [1.807, 2.05) is 0 Å². The SMILES string of the molecule is COC(=O)N1CCOC(C(=O)N(C)C)C1. The predicted octanol–water partition coefficient (Wildman–Crippen LogP) is -0.458. The second-order valence-corrected chi connectivity index (χ2v) is 3.51.